The Labute approximate surface area is 425 Å². The molecular formula is C62H121NO5. The standard InChI is InChI=1S/C62H121NO5/c1-3-5-7-9-11-13-15-17-19-21-23-25-26-27-28-29-30-31-32-33-34-36-37-39-41-43-45-47-49-51-53-55-59(65)61(67)58(57-64)63-62(68)60(66)56-54-52-50-48-46-44-42-40-38-35-24-22-20-18-16-14-12-10-8-6-4-2/h39,41,47,49,58-61,64-67H,3-38,40,42-46,48,50-57H2,1-2H3,(H,63,68)/b41-39+,49-47+. The Balaban J connectivity index is 3.62. The molecule has 0 saturated heterocycles. The van der Waals surface area contributed by atoms with Crippen LogP contribution in [0.15, 0.2) is 24.3 Å². The van der Waals surface area contributed by atoms with Crippen molar-refractivity contribution in [3.05, 3.63) is 24.3 Å². The summed E-state index contributed by atoms with van der Waals surface area (Å²) in [4.78, 5) is 12.6. The second-order valence-corrected chi connectivity index (χ2v) is 21.4. The number of carbonyl (C=O) groups is 1. The SMILES string of the molecule is CCCCCCCCCCCCCCCCCCCCCCCC/C=C/CC/C=C/CCCC(O)C(O)C(CO)NC(=O)C(O)CCCCCCCCCCCCCCCCCCCCCCC. The normalized spacial score (nSPS) is 13.8. The van der Waals surface area contributed by atoms with Crippen molar-refractivity contribution in [1.29, 1.82) is 0 Å². The molecule has 0 bridgehead atoms. The Bertz CT molecular complexity index is 1030. The van der Waals surface area contributed by atoms with Crippen LogP contribution in [0.1, 0.15) is 335 Å². The average Bonchev–Trinajstić information content (AvgIpc) is 3.34. The maximum absolute atomic E-state index is 12.6. The van der Waals surface area contributed by atoms with Gasteiger partial charge in [0.15, 0.2) is 0 Å². The van der Waals surface area contributed by atoms with Crippen LogP contribution in [0.2, 0.25) is 0 Å². The minimum absolute atomic E-state index is 0.365. The van der Waals surface area contributed by atoms with Crippen LogP contribution in [0.3, 0.4) is 0 Å². The van der Waals surface area contributed by atoms with Gasteiger partial charge in [-0.15, -0.1) is 0 Å². The number of hydrogen-bond donors (Lipinski definition) is 5. The van der Waals surface area contributed by atoms with Gasteiger partial charge < -0.3 is 25.7 Å². The first-order chi connectivity index (χ1) is 33.5. The first-order valence-electron chi connectivity index (χ1n) is 30.7. The van der Waals surface area contributed by atoms with Gasteiger partial charge in [0.05, 0.1) is 18.8 Å². The molecule has 0 aliphatic carbocycles. The molecule has 4 unspecified atom stereocenters. The van der Waals surface area contributed by atoms with E-state index >= 15 is 0 Å². The molecule has 0 fully saturated rings. The highest BCUT2D eigenvalue weighted by atomic mass is 16.3. The van der Waals surface area contributed by atoms with E-state index in [1.807, 2.05) is 0 Å². The molecule has 404 valence electrons. The van der Waals surface area contributed by atoms with Crippen molar-refractivity contribution < 1.29 is 25.2 Å². The Morgan fingerprint density at radius 2 is 0.618 bits per heavy atom. The van der Waals surface area contributed by atoms with Gasteiger partial charge in [0.1, 0.15) is 12.2 Å². The predicted molar refractivity (Wildman–Crippen MR) is 298 cm³/mol. The fourth-order valence-corrected chi connectivity index (χ4v) is 9.84. The highest BCUT2D eigenvalue weighted by Gasteiger charge is 2.28. The van der Waals surface area contributed by atoms with E-state index < -0.39 is 36.9 Å². The van der Waals surface area contributed by atoms with E-state index in [2.05, 4.69) is 43.5 Å². The van der Waals surface area contributed by atoms with Gasteiger partial charge >= 0.3 is 0 Å². The lowest BCUT2D eigenvalue weighted by molar-refractivity contribution is -0.132. The second-order valence-electron chi connectivity index (χ2n) is 21.4. The van der Waals surface area contributed by atoms with E-state index in [-0.39, 0.29) is 0 Å². The van der Waals surface area contributed by atoms with E-state index in [1.54, 1.807) is 0 Å². The van der Waals surface area contributed by atoms with Gasteiger partial charge in [-0.3, -0.25) is 4.79 Å². The molecule has 5 N–H and O–H groups in total. The van der Waals surface area contributed by atoms with Crippen molar-refractivity contribution >= 4 is 5.91 Å². The van der Waals surface area contributed by atoms with Gasteiger partial charge in [0, 0.05) is 0 Å². The third-order valence-electron chi connectivity index (χ3n) is 14.6. The van der Waals surface area contributed by atoms with Crippen molar-refractivity contribution in [2.24, 2.45) is 0 Å². The summed E-state index contributed by atoms with van der Waals surface area (Å²) in [6, 6.07) is -1.01. The summed E-state index contributed by atoms with van der Waals surface area (Å²) >= 11 is 0. The zero-order chi connectivity index (χ0) is 49.5. The van der Waals surface area contributed by atoms with E-state index in [0.29, 0.717) is 19.3 Å². The van der Waals surface area contributed by atoms with E-state index in [9.17, 15) is 25.2 Å². The second kappa shape index (κ2) is 56.7. The van der Waals surface area contributed by atoms with Crippen molar-refractivity contribution in [2.45, 2.75) is 359 Å². The zero-order valence-electron chi connectivity index (χ0n) is 45.9. The minimum Gasteiger partial charge on any atom is -0.394 e. The number of unbranched alkanes of at least 4 members (excludes halogenated alkanes) is 44. The number of carbonyl (C=O) groups excluding carboxylic acids is 1. The molecule has 0 aliphatic heterocycles. The molecule has 1 amide bonds. The third-order valence-corrected chi connectivity index (χ3v) is 14.6. The number of rotatable bonds is 57. The minimum atomic E-state index is -1.29. The fraction of sp³-hybridized carbons (Fsp3) is 0.919. The number of allylic oxidation sites excluding steroid dienone is 4. The summed E-state index contributed by atoms with van der Waals surface area (Å²) in [6.45, 7) is 4.08. The molecule has 0 heterocycles. The highest BCUT2D eigenvalue weighted by Crippen LogP contribution is 2.18. The van der Waals surface area contributed by atoms with E-state index in [0.717, 1.165) is 38.5 Å². The molecule has 6 nitrogen and oxygen atoms in total. The monoisotopic (exact) mass is 960 g/mol. The topological polar surface area (TPSA) is 110 Å². The quantitative estimate of drug-likeness (QED) is 0.0308. The zero-order valence-corrected chi connectivity index (χ0v) is 45.9. The first-order valence-corrected chi connectivity index (χ1v) is 30.7. The van der Waals surface area contributed by atoms with Gasteiger partial charge in [-0.2, -0.15) is 0 Å². The Morgan fingerprint density at radius 1 is 0.353 bits per heavy atom. The van der Waals surface area contributed by atoms with Crippen LogP contribution in [-0.2, 0) is 4.79 Å². The summed E-state index contributed by atoms with van der Waals surface area (Å²) in [5.41, 5.74) is 0. The van der Waals surface area contributed by atoms with Crippen molar-refractivity contribution in [1.82, 2.24) is 5.32 Å². The van der Waals surface area contributed by atoms with Crippen LogP contribution in [0.5, 0.6) is 0 Å². The Kier molecular flexibility index (Phi) is 55.7. The summed E-state index contributed by atoms with van der Waals surface area (Å²) in [5.74, 6) is -0.591. The average molecular weight is 961 g/mol. The summed E-state index contributed by atoms with van der Waals surface area (Å²) < 4.78 is 0. The van der Waals surface area contributed by atoms with Gasteiger partial charge in [0.25, 0.3) is 0 Å². The Hall–Kier alpha value is -1.21. The fourth-order valence-electron chi connectivity index (χ4n) is 9.84. The van der Waals surface area contributed by atoms with Crippen LogP contribution in [0.4, 0.5) is 0 Å². The number of nitrogens with one attached hydrogen (secondary N) is 1. The molecule has 0 spiro atoms. The largest absolute Gasteiger partial charge is 0.394 e. The summed E-state index contributed by atoms with van der Waals surface area (Å²) in [6.07, 6.45) is 69.9. The van der Waals surface area contributed by atoms with Crippen LogP contribution in [0, 0.1) is 0 Å². The van der Waals surface area contributed by atoms with Crippen molar-refractivity contribution in [3.8, 4) is 0 Å². The van der Waals surface area contributed by atoms with E-state index in [4.69, 9.17) is 0 Å². The molecule has 0 aliphatic rings. The third kappa shape index (κ3) is 49.8. The molecule has 0 rings (SSSR count). The maximum Gasteiger partial charge on any atom is 0.249 e. The van der Waals surface area contributed by atoms with Crippen molar-refractivity contribution in [3.63, 3.8) is 0 Å². The number of hydrogen-bond acceptors (Lipinski definition) is 5. The molecule has 0 saturated carbocycles. The van der Waals surface area contributed by atoms with Crippen LogP contribution in [0.25, 0.3) is 0 Å². The van der Waals surface area contributed by atoms with Crippen molar-refractivity contribution in [2.75, 3.05) is 6.61 Å². The van der Waals surface area contributed by atoms with Gasteiger partial charge in [-0.1, -0.05) is 308 Å². The lowest BCUT2D eigenvalue weighted by atomic mass is 10.00. The first kappa shape index (κ1) is 66.8. The molecule has 0 aromatic rings. The maximum atomic E-state index is 12.6. The number of aliphatic hydroxyl groups is 4. The molecule has 6 heteroatoms. The summed E-state index contributed by atoms with van der Waals surface area (Å²) in [7, 11) is 0. The molecule has 0 aromatic carbocycles. The molecule has 0 aromatic heterocycles. The highest BCUT2D eigenvalue weighted by molar-refractivity contribution is 5.80. The molecule has 4 atom stereocenters. The van der Waals surface area contributed by atoms with E-state index in [1.165, 1.54) is 263 Å². The number of amides is 1. The van der Waals surface area contributed by atoms with Gasteiger partial charge in [0.2, 0.25) is 5.91 Å². The molecular weight excluding hydrogens is 839 g/mol. The smallest absolute Gasteiger partial charge is 0.249 e. The lowest BCUT2D eigenvalue weighted by Crippen LogP contribution is -2.53. The molecule has 68 heavy (non-hydrogen) atoms. The lowest BCUT2D eigenvalue weighted by Gasteiger charge is -2.27. The predicted octanol–water partition coefficient (Wildman–Crippen LogP) is 18.2. The van der Waals surface area contributed by atoms with Gasteiger partial charge in [-0.25, -0.2) is 0 Å². The number of aliphatic hydroxyl groups excluding tert-OH is 4. The van der Waals surface area contributed by atoms with Gasteiger partial charge in [-0.05, 0) is 51.4 Å². The summed E-state index contributed by atoms with van der Waals surface area (Å²) in [5, 5.41) is 44.0. The van der Waals surface area contributed by atoms with Crippen LogP contribution in [-0.4, -0.2) is 57.3 Å². The molecule has 0 radical (unpaired) electrons. The van der Waals surface area contributed by atoms with Crippen LogP contribution < -0.4 is 5.32 Å². The van der Waals surface area contributed by atoms with Crippen LogP contribution >= 0.6 is 0 Å². The Morgan fingerprint density at radius 3 is 0.926 bits per heavy atom.